The molecule has 0 radical (unpaired) electrons. The number of nitrogens with zero attached hydrogens (tertiary/aromatic N) is 1. The fourth-order valence-corrected chi connectivity index (χ4v) is 3.64. The van der Waals surface area contributed by atoms with Gasteiger partial charge >= 0.3 is 6.18 Å². The minimum atomic E-state index is -4.36. The molecule has 0 aliphatic carbocycles. The average Bonchev–Trinajstić information content (AvgIpc) is 2.91. The number of benzene rings is 2. The summed E-state index contributed by atoms with van der Waals surface area (Å²) in [6, 6.07) is 13.6. The summed E-state index contributed by atoms with van der Waals surface area (Å²) in [5, 5.41) is 3.33. The lowest BCUT2D eigenvalue weighted by molar-refractivity contribution is -0.138. The number of aryl methyl sites for hydroxylation is 1. The Morgan fingerprint density at radius 2 is 1.73 bits per heavy atom. The highest BCUT2D eigenvalue weighted by atomic mass is 19.4. The van der Waals surface area contributed by atoms with Crippen LogP contribution in [0.1, 0.15) is 41.6 Å². The first-order chi connectivity index (χ1) is 12.5. The van der Waals surface area contributed by atoms with Gasteiger partial charge in [0.1, 0.15) is 0 Å². The second kappa shape index (κ2) is 8.23. The summed E-state index contributed by atoms with van der Waals surface area (Å²) >= 11 is 0. The molecule has 1 saturated heterocycles. The van der Waals surface area contributed by atoms with Gasteiger partial charge in [-0.25, -0.2) is 0 Å². The minimum absolute atomic E-state index is 0.339. The summed E-state index contributed by atoms with van der Waals surface area (Å²) in [7, 11) is 0. The van der Waals surface area contributed by atoms with E-state index in [1.807, 2.05) is 24.3 Å². The quantitative estimate of drug-likeness (QED) is 0.852. The van der Waals surface area contributed by atoms with Crippen LogP contribution in [0.25, 0.3) is 0 Å². The van der Waals surface area contributed by atoms with Crippen molar-refractivity contribution in [2.24, 2.45) is 0 Å². The van der Waals surface area contributed by atoms with E-state index in [4.69, 9.17) is 0 Å². The maximum Gasteiger partial charge on any atom is 0.416 e. The van der Waals surface area contributed by atoms with Gasteiger partial charge in [-0.05, 0) is 42.1 Å². The topological polar surface area (TPSA) is 15.3 Å². The summed E-state index contributed by atoms with van der Waals surface area (Å²) in [5.41, 5.74) is 1.91. The number of alkyl halides is 3. The van der Waals surface area contributed by atoms with Gasteiger partial charge in [-0.3, -0.25) is 4.90 Å². The monoisotopic (exact) mass is 362 g/mol. The second-order valence-corrected chi connectivity index (χ2v) is 6.72. The Bertz CT molecular complexity index is 702. The fourth-order valence-electron chi connectivity index (χ4n) is 3.64. The van der Waals surface area contributed by atoms with E-state index in [2.05, 4.69) is 17.1 Å². The van der Waals surface area contributed by atoms with Gasteiger partial charge in [0.15, 0.2) is 0 Å². The number of nitrogens with one attached hydrogen (secondary N) is 1. The van der Waals surface area contributed by atoms with Crippen molar-refractivity contribution in [3.05, 3.63) is 70.8 Å². The Morgan fingerprint density at radius 3 is 2.42 bits per heavy atom. The lowest BCUT2D eigenvalue weighted by atomic mass is 9.91. The number of hydrogen-bond donors (Lipinski definition) is 1. The summed E-state index contributed by atoms with van der Waals surface area (Å²) in [6.45, 7) is 5.27. The van der Waals surface area contributed by atoms with E-state index < -0.39 is 17.8 Å². The lowest BCUT2D eigenvalue weighted by Crippen LogP contribution is -2.34. The van der Waals surface area contributed by atoms with Crippen molar-refractivity contribution >= 4 is 0 Å². The van der Waals surface area contributed by atoms with Gasteiger partial charge < -0.3 is 5.32 Å². The zero-order valence-corrected chi connectivity index (χ0v) is 15.0. The van der Waals surface area contributed by atoms with E-state index in [1.165, 1.54) is 17.7 Å². The van der Waals surface area contributed by atoms with Crippen LogP contribution in [-0.4, -0.2) is 31.1 Å². The predicted molar refractivity (Wildman–Crippen MR) is 98.2 cm³/mol. The van der Waals surface area contributed by atoms with E-state index in [1.54, 1.807) is 12.1 Å². The highest BCUT2D eigenvalue weighted by Gasteiger charge is 2.36. The molecular formula is C21H25F3N2. The van der Waals surface area contributed by atoms with Gasteiger partial charge in [0.25, 0.3) is 0 Å². The van der Waals surface area contributed by atoms with Gasteiger partial charge in [0.2, 0.25) is 0 Å². The van der Waals surface area contributed by atoms with Crippen molar-refractivity contribution in [2.75, 3.05) is 26.2 Å². The molecule has 3 rings (SSSR count). The van der Waals surface area contributed by atoms with Gasteiger partial charge in [-0.2, -0.15) is 13.2 Å². The normalized spacial score (nSPS) is 17.7. The molecule has 1 fully saturated rings. The average molecular weight is 362 g/mol. The third kappa shape index (κ3) is 4.27. The number of rotatable bonds is 4. The molecule has 1 aliphatic heterocycles. The first kappa shape index (κ1) is 18.9. The molecule has 1 atom stereocenters. The molecule has 140 valence electrons. The predicted octanol–water partition coefficient (Wildman–Crippen LogP) is 4.65. The van der Waals surface area contributed by atoms with Crippen LogP contribution in [0.3, 0.4) is 0 Å². The van der Waals surface area contributed by atoms with Crippen LogP contribution in [0.4, 0.5) is 13.2 Å². The zero-order valence-electron chi connectivity index (χ0n) is 15.0. The van der Waals surface area contributed by atoms with Crippen LogP contribution in [0.15, 0.2) is 48.5 Å². The van der Waals surface area contributed by atoms with Crippen LogP contribution >= 0.6 is 0 Å². The summed E-state index contributed by atoms with van der Waals surface area (Å²) in [5.74, 6) is 0. The molecule has 0 aromatic heterocycles. The Balaban J connectivity index is 2.08. The number of halogens is 3. The van der Waals surface area contributed by atoms with E-state index >= 15 is 0 Å². The minimum Gasteiger partial charge on any atom is -0.315 e. The van der Waals surface area contributed by atoms with E-state index in [9.17, 15) is 13.2 Å². The standard InChI is InChI=1S/C21H25F3N2/c1-2-16-8-10-17(11-9-16)20(26-14-5-12-25-13-15-26)18-6-3-4-7-19(18)21(22,23)24/h3-4,6-11,20,25H,2,5,12-15H2,1H3. The maximum absolute atomic E-state index is 13.7. The molecule has 1 unspecified atom stereocenters. The smallest absolute Gasteiger partial charge is 0.315 e. The third-order valence-corrected chi connectivity index (χ3v) is 5.00. The van der Waals surface area contributed by atoms with E-state index in [-0.39, 0.29) is 0 Å². The van der Waals surface area contributed by atoms with E-state index in [0.29, 0.717) is 5.56 Å². The van der Waals surface area contributed by atoms with Crippen molar-refractivity contribution in [1.82, 2.24) is 10.2 Å². The Labute approximate surface area is 153 Å². The first-order valence-electron chi connectivity index (χ1n) is 9.20. The third-order valence-electron chi connectivity index (χ3n) is 5.00. The molecule has 26 heavy (non-hydrogen) atoms. The molecular weight excluding hydrogens is 337 g/mol. The highest BCUT2D eigenvalue weighted by molar-refractivity contribution is 5.40. The van der Waals surface area contributed by atoms with Gasteiger partial charge in [-0.15, -0.1) is 0 Å². The largest absolute Gasteiger partial charge is 0.416 e. The van der Waals surface area contributed by atoms with Crippen LogP contribution in [0.2, 0.25) is 0 Å². The molecule has 0 saturated carbocycles. The SMILES string of the molecule is CCc1ccc(C(c2ccccc2C(F)(F)F)N2CCCNCC2)cc1. The number of hydrogen-bond acceptors (Lipinski definition) is 2. The Hall–Kier alpha value is -1.85. The van der Waals surface area contributed by atoms with Crippen molar-refractivity contribution in [3.63, 3.8) is 0 Å². The molecule has 2 nitrogen and oxygen atoms in total. The molecule has 0 amide bonds. The van der Waals surface area contributed by atoms with Gasteiger partial charge in [0.05, 0.1) is 11.6 Å². The maximum atomic E-state index is 13.7. The first-order valence-corrected chi connectivity index (χ1v) is 9.20. The van der Waals surface area contributed by atoms with Gasteiger partial charge in [0, 0.05) is 19.6 Å². The zero-order chi connectivity index (χ0) is 18.6. The fraction of sp³-hybridized carbons (Fsp3) is 0.429. The van der Waals surface area contributed by atoms with Crippen LogP contribution in [0, 0.1) is 0 Å². The summed E-state index contributed by atoms with van der Waals surface area (Å²) in [6.07, 6.45) is -2.52. The molecule has 5 heteroatoms. The van der Waals surface area contributed by atoms with Crippen LogP contribution in [0.5, 0.6) is 0 Å². The lowest BCUT2D eigenvalue weighted by Gasteiger charge is -2.33. The molecule has 2 aromatic carbocycles. The molecule has 1 aliphatic rings. The Morgan fingerprint density at radius 1 is 1.00 bits per heavy atom. The Kier molecular flexibility index (Phi) is 5.99. The van der Waals surface area contributed by atoms with Crippen LogP contribution < -0.4 is 5.32 Å². The van der Waals surface area contributed by atoms with Gasteiger partial charge in [-0.1, -0.05) is 49.4 Å². The van der Waals surface area contributed by atoms with Crippen LogP contribution in [-0.2, 0) is 12.6 Å². The molecule has 2 aromatic rings. The molecule has 1 heterocycles. The second-order valence-electron chi connectivity index (χ2n) is 6.72. The summed E-state index contributed by atoms with van der Waals surface area (Å²) < 4.78 is 41.0. The molecule has 0 spiro atoms. The van der Waals surface area contributed by atoms with Crippen molar-refractivity contribution in [2.45, 2.75) is 32.0 Å². The van der Waals surface area contributed by atoms with E-state index in [0.717, 1.165) is 44.6 Å². The highest BCUT2D eigenvalue weighted by Crippen LogP contribution is 2.39. The summed E-state index contributed by atoms with van der Waals surface area (Å²) in [4.78, 5) is 2.17. The molecule has 1 N–H and O–H groups in total. The van der Waals surface area contributed by atoms with Crippen molar-refractivity contribution in [1.29, 1.82) is 0 Å². The van der Waals surface area contributed by atoms with Crippen molar-refractivity contribution < 1.29 is 13.2 Å². The molecule has 0 bridgehead atoms. The van der Waals surface area contributed by atoms with Crippen molar-refractivity contribution in [3.8, 4) is 0 Å².